The van der Waals surface area contributed by atoms with Crippen molar-refractivity contribution >= 4 is 32.6 Å². The third-order valence-electron chi connectivity index (χ3n) is 8.40. The van der Waals surface area contributed by atoms with Crippen molar-refractivity contribution in [1.82, 2.24) is 0 Å². The van der Waals surface area contributed by atoms with E-state index in [-0.39, 0.29) is 12.8 Å². The Bertz CT molecular complexity index is 901. The first kappa shape index (κ1) is 22.5. The number of halogens is 3. The van der Waals surface area contributed by atoms with Crippen molar-refractivity contribution < 1.29 is 24.5 Å². The Morgan fingerprint density at radius 1 is 0.750 bits per heavy atom. The van der Waals surface area contributed by atoms with Gasteiger partial charge in [-0.3, -0.25) is 0 Å². The second-order valence-electron chi connectivity index (χ2n) is 10.9. The molecule has 4 saturated carbocycles. The van der Waals surface area contributed by atoms with Crippen LogP contribution in [0.25, 0.3) is 0 Å². The number of alkyl halides is 2. The minimum absolute atomic E-state index is 0.205. The summed E-state index contributed by atoms with van der Waals surface area (Å²) >= 11 is -3.22. The maximum atomic E-state index is 14.8. The molecular formula is C25H31F2IO4. The molecule has 0 aliphatic heterocycles. The molecule has 4 nitrogen and oxygen atoms in total. The normalized spacial score (nSPS) is 37.6. The Morgan fingerprint density at radius 3 is 1.44 bits per heavy atom. The molecule has 32 heavy (non-hydrogen) atoms. The van der Waals surface area contributed by atoms with Crippen LogP contribution in [0.1, 0.15) is 80.9 Å². The summed E-state index contributed by atoms with van der Waals surface area (Å²) in [7, 11) is 0. The third-order valence-corrected chi connectivity index (χ3v) is 12.6. The molecule has 4 bridgehead atoms. The monoisotopic (exact) mass is 560 g/mol. The quantitative estimate of drug-likeness (QED) is 0.384. The summed E-state index contributed by atoms with van der Waals surface area (Å²) in [5.41, 5.74) is -1.18. The van der Waals surface area contributed by atoms with Gasteiger partial charge in [0.1, 0.15) is 0 Å². The van der Waals surface area contributed by atoms with Gasteiger partial charge in [-0.05, 0) is 0 Å². The first-order valence-corrected chi connectivity index (χ1v) is 14.4. The van der Waals surface area contributed by atoms with E-state index in [0.717, 1.165) is 20.3 Å². The molecule has 0 spiro atoms. The maximum absolute atomic E-state index is 14.8. The molecule has 0 amide bonds. The molecule has 176 valence electrons. The van der Waals surface area contributed by atoms with Gasteiger partial charge in [0.2, 0.25) is 0 Å². The van der Waals surface area contributed by atoms with Gasteiger partial charge in [-0.25, -0.2) is 0 Å². The van der Waals surface area contributed by atoms with E-state index in [0.29, 0.717) is 51.4 Å². The Morgan fingerprint density at radius 2 is 1.12 bits per heavy atom. The minimum atomic E-state index is -3.22. The van der Waals surface area contributed by atoms with Crippen LogP contribution in [0.5, 0.6) is 0 Å². The van der Waals surface area contributed by atoms with Gasteiger partial charge in [0.15, 0.2) is 0 Å². The zero-order chi connectivity index (χ0) is 22.9. The van der Waals surface area contributed by atoms with Crippen LogP contribution in [-0.4, -0.2) is 23.3 Å². The SMILES string of the molecule is Cc1cc(C)c(I(OC(=O)C23CCC(F)(CC2)C3)OC(=O)C23CCC(F)(CC2)C3)c(C)c1. The number of rotatable bonds is 5. The molecule has 0 aromatic heterocycles. The molecule has 1 aromatic rings. The molecular weight excluding hydrogens is 529 g/mol. The van der Waals surface area contributed by atoms with Crippen LogP contribution in [-0.2, 0) is 15.7 Å². The van der Waals surface area contributed by atoms with Gasteiger partial charge in [-0.15, -0.1) is 0 Å². The standard InChI is InChI=1S/C25H31F2IO4/c1-16-12-17(2)19(18(3)13-16)28(31-20(29)22-4-8-24(26,14-22)9-5-22)32-21(30)23-6-10-25(27,15-23)11-7-23/h12-13H,4-11,14-15H2,1-3H3. The summed E-state index contributed by atoms with van der Waals surface area (Å²) in [6.45, 7) is 5.87. The van der Waals surface area contributed by atoms with Crippen molar-refractivity contribution in [2.45, 2.75) is 96.3 Å². The number of hydrogen-bond donors (Lipinski definition) is 0. The van der Waals surface area contributed by atoms with Crippen LogP contribution in [0, 0.1) is 35.2 Å². The molecule has 5 rings (SSSR count). The third kappa shape index (κ3) is 3.57. The van der Waals surface area contributed by atoms with E-state index in [2.05, 4.69) is 0 Å². The average molecular weight is 560 g/mol. The van der Waals surface area contributed by atoms with E-state index in [4.69, 9.17) is 6.13 Å². The van der Waals surface area contributed by atoms with E-state index in [1.54, 1.807) is 0 Å². The zero-order valence-electron chi connectivity index (χ0n) is 19.0. The van der Waals surface area contributed by atoms with Gasteiger partial charge < -0.3 is 0 Å². The fourth-order valence-corrected chi connectivity index (χ4v) is 10.5. The molecule has 0 unspecified atom stereocenters. The average Bonchev–Trinajstić information content (AvgIpc) is 3.43. The molecule has 7 heteroatoms. The molecule has 4 aliphatic carbocycles. The Hall–Kier alpha value is -1.25. The number of carbonyl (C=O) groups is 2. The van der Waals surface area contributed by atoms with Crippen LogP contribution in [0.2, 0.25) is 0 Å². The molecule has 1 aromatic carbocycles. The van der Waals surface area contributed by atoms with Crippen LogP contribution in [0.3, 0.4) is 0 Å². The summed E-state index contributed by atoms with van der Waals surface area (Å²) in [6.07, 6.45) is 3.91. The number of fused-ring (bicyclic) bond motifs is 4. The molecule has 0 atom stereocenters. The number of hydrogen-bond acceptors (Lipinski definition) is 4. The Labute approximate surface area is 196 Å². The molecule has 4 fully saturated rings. The van der Waals surface area contributed by atoms with Crippen molar-refractivity contribution in [2.75, 3.05) is 0 Å². The van der Waals surface area contributed by atoms with E-state index >= 15 is 0 Å². The van der Waals surface area contributed by atoms with E-state index in [9.17, 15) is 18.4 Å². The van der Waals surface area contributed by atoms with E-state index in [1.165, 1.54) is 0 Å². The van der Waals surface area contributed by atoms with E-state index < -0.39 is 54.8 Å². The summed E-state index contributed by atoms with van der Waals surface area (Å²) in [6, 6.07) is 4.00. The molecule has 0 radical (unpaired) electrons. The van der Waals surface area contributed by atoms with Gasteiger partial charge in [-0.2, -0.15) is 0 Å². The Kier molecular flexibility index (Phi) is 5.19. The van der Waals surface area contributed by atoms with Crippen molar-refractivity contribution in [1.29, 1.82) is 0 Å². The topological polar surface area (TPSA) is 52.6 Å². The van der Waals surface area contributed by atoms with Crippen molar-refractivity contribution in [3.63, 3.8) is 0 Å². The second-order valence-corrected chi connectivity index (χ2v) is 14.1. The van der Waals surface area contributed by atoms with Gasteiger partial charge >= 0.3 is 197 Å². The number of aryl methyl sites for hydroxylation is 3. The fraction of sp³-hybridized carbons (Fsp3) is 0.680. The van der Waals surface area contributed by atoms with Crippen LogP contribution < -0.4 is 0 Å². The van der Waals surface area contributed by atoms with Crippen LogP contribution >= 0.6 is 20.6 Å². The van der Waals surface area contributed by atoms with Gasteiger partial charge in [-0.1, -0.05) is 0 Å². The van der Waals surface area contributed by atoms with Crippen LogP contribution in [0.4, 0.5) is 8.78 Å². The second kappa shape index (κ2) is 7.37. The number of carbonyl (C=O) groups excluding carboxylic acids is 2. The van der Waals surface area contributed by atoms with Crippen molar-refractivity contribution in [3.8, 4) is 0 Å². The summed E-state index contributed by atoms with van der Waals surface area (Å²) in [4.78, 5) is 26.7. The van der Waals surface area contributed by atoms with Crippen molar-refractivity contribution in [2.24, 2.45) is 10.8 Å². The molecule has 0 N–H and O–H groups in total. The van der Waals surface area contributed by atoms with Gasteiger partial charge in [0, 0.05) is 0 Å². The van der Waals surface area contributed by atoms with Crippen LogP contribution in [0.15, 0.2) is 12.1 Å². The van der Waals surface area contributed by atoms with E-state index in [1.807, 2.05) is 32.9 Å². The zero-order valence-corrected chi connectivity index (χ0v) is 21.2. The summed E-state index contributed by atoms with van der Waals surface area (Å²) < 4.78 is 42.4. The fourth-order valence-electron chi connectivity index (χ4n) is 6.62. The van der Waals surface area contributed by atoms with Gasteiger partial charge in [0.05, 0.1) is 0 Å². The molecule has 0 saturated heterocycles. The van der Waals surface area contributed by atoms with Gasteiger partial charge in [0.25, 0.3) is 0 Å². The first-order valence-electron chi connectivity index (χ1n) is 11.6. The predicted octanol–water partition coefficient (Wildman–Crippen LogP) is 6.55. The summed E-state index contributed by atoms with van der Waals surface area (Å²) in [5, 5.41) is 0. The van der Waals surface area contributed by atoms with Crippen molar-refractivity contribution in [3.05, 3.63) is 32.4 Å². The first-order chi connectivity index (χ1) is 15.0. The number of benzene rings is 1. The summed E-state index contributed by atoms with van der Waals surface area (Å²) in [5.74, 6) is -0.829. The Balaban J connectivity index is 1.44. The molecule has 0 heterocycles. The predicted molar refractivity (Wildman–Crippen MR) is 124 cm³/mol. The molecule has 4 aliphatic rings.